The van der Waals surface area contributed by atoms with E-state index in [4.69, 9.17) is 0 Å². The fraction of sp³-hybridized carbons (Fsp3) is 0.0455. The first kappa shape index (κ1) is 16.6. The molecule has 1 N–H and O–H groups in total. The van der Waals surface area contributed by atoms with Crippen LogP contribution in [0.3, 0.4) is 0 Å². The van der Waals surface area contributed by atoms with Gasteiger partial charge in [-0.2, -0.15) is 5.26 Å². The zero-order valence-corrected chi connectivity index (χ0v) is 14.7. The summed E-state index contributed by atoms with van der Waals surface area (Å²) in [7, 11) is 0. The molecular formula is C22H16N4O. The minimum atomic E-state index is -0.210. The Morgan fingerprint density at radius 3 is 2.37 bits per heavy atom. The van der Waals surface area contributed by atoms with Gasteiger partial charge in [-0.15, -0.1) is 0 Å². The number of hydrogen-bond donors (Lipinski definition) is 1. The Labute approximate surface area is 156 Å². The third-order valence-electron chi connectivity index (χ3n) is 4.40. The zero-order chi connectivity index (χ0) is 18.8. The number of aromatic nitrogens is 2. The van der Waals surface area contributed by atoms with Gasteiger partial charge in [-0.1, -0.05) is 36.4 Å². The fourth-order valence-electron chi connectivity index (χ4n) is 3.19. The number of rotatable bonds is 3. The Hall–Kier alpha value is -3.91. The molecule has 130 valence electrons. The summed E-state index contributed by atoms with van der Waals surface area (Å²) in [5, 5.41) is 13.2. The Morgan fingerprint density at radius 1 is 1.04 bits per heavy atom. The quantitative estimate of drug-likeness (QED) is 0.596. The van der Waals surface area contributed by atoms with Crippen molar-refractivity contribution in [3.05, 3.63) is 94.4 Å². The van der Waals surface area contributed by atoms with E-state index >= 15 is 0 Å². The van der Waals surface area contributed by atoms with Crippen LogP contribution in [-0.2, 0) is 0 Å². The van der Waals surface area contributed by atoms with Crippen molar-refractivity contribution in [2.75, 3.05) is 5.32 Å². The standard InChI is InChI=1S/C22H16N4O/c1-15-22-21(16(13-23)14-24-15)19(27)12-20(25-17-8-4-2-5-9-17)26(22)18-10-6-3-7-11-18/h2-12,14,25H,1H3. The van der Waals surface area contributed by atoms with Crippen LogP contribution < -0.4 is 10.7 Å². The van der Waals surface area contributed by atoms with Crippen molar-refractivity contribution in [3.63, 3.8) is 0 Å². The molecule has 0 saturated heterocycles. The molecule has 0 aliphatic rings. The van der Waals surface area contributed by atoms with E-state index in [1.165, 1.54) is 12.3 Å². The minimum absolute atomic E-state index is 0.210. The number of nitriles is 1. The van der Waals surface area contributed by atoms with Gasteiger partial charge >= 0.3 is 0 Å². The Kier molecular flexibility index (Phi) is 4.15. The van der Waals surface area contributed by atoms with Crippen LogP contribution in [0, 0.1) is 18.3 Å². The predicted molar refractivity (Wildman–Crippen MR) is 107 cm³/mol. The molecule has 2 heterocycles. The molecule has 0 saturated carbocycles. The predicted octanol–water partition coefficient (Wildman–Crippen LogP) is 4.31. The maximum atomic E-state index is 12.9. The molecule has 0 spiro atoms. The van der Waals surface area contributed by atoms with Crippen molar-refractivity contribution in [2.24, 2.45) is 0 Å². The van der Waals surface area contributed by atoms with Crippen LogP contribution in [0.5, 0.6) is 0 Å². The number of pyridine rings is 2. The van der Waals surface area contributed by atoms with E-state index in [1.54, 1.807) is 0 Å². The van der Waals surface area contributed by atoms with Crippen LogP contribution in [-0.4, -0.2) is 9.55 Å². The minimum Gasteiger partial charge on any atom is -0.341 e. The van der Waals surface area contributed by atoms with Crippen molar-refractivity contribution in [2.45, 2.75) is 6.92 Å². The molecule has 27 heavy (non-hydrogen) atoms. The van der Waals surface area contributed by atoms with Crippen LogP contribution in [0.4, 0.5) is 11.5 Å². The molecule has 0 fully saturated rings. The average Bonchev–Trinajstić information content (AvgIpc) is 2.70. The number of hydrogen-bond acceptors (Lipinski definition) is 4. The molecule has 4 rings (SSSR count). The van der Waals surface area contributed by atoms with E-state index < -0.39 is 0 Å². The van der Waals surface area contributed by atoms with Crippen LogP contribution in [0.15, 0.2) is 77.7 Å². The van der Waals surface area contributed by atoms with Crippen LogP contribution in [0.2, 0.25) is 0 Å². The van der Waals surface area contributed by atoms with E-state index in [0.717, 1.165) is 11.4 Å². The summed E-state index contributed by atoms with van der Waals surface area (Å²) in [4.78, 5) is 17.2. The number of anilines is 2. The van der Waals surface area contributed by atoms with Crippen molar-refractivity contribution < 1.29 is 0 Å². The molecule has 0 atom stereocenters. The molecule has 0 aliphatic carbocycles. The highest BCUT2D eigenvalue weighted by Gasteiger charge is 2.17. The normalized spacial score (nSPS) is 10.5. The third kappa shape index (κ3) is 2.94. The first-order chi connectivity index (χ1) is 13.2. The number of nitrogens with one attached hydrogen (secondary N) is 1. The lowest BCUT2D eigenvalue weighted by Crippen LogP contribution is -2.15. The van der Waals surface area contributed by atoms with Gasteiger partial charge in [0.1, 0.15) is 11.9 Å². The SMILES string of the molecule is Cc1ncc(C#N)c2c(=O)cc(Nc3ccccc3)n(-c3ccccc3)c12. The van der Waals surface area contributed by atoms with Gasteiger partial charge in [-0.25, -0.2) is 0 Å². The van der Waals surface area contributed by atoms with Gasteiger partial charge < -0.3 is 5.32 Å². The second kappa shape index (κ2) is 6.77. The van der Waals surface area contributed by atoms with Gasteiger partial charge in [0.15, 0.2) is 5.43 Å². The highest BCUT2D eigenvalue weighted by molar-refractivity contribution is 5.90. The molecule has 5 nitrogen and oxygen atoms in total. The number of nitrogens with zero attached hydrogens (tertiary/aromatic N) is 3. The van der Waals surface area contributed by atoms with Gasteiger partial charge in [0.05, 0.1) is 22.2 Å². The molecule has 0 aliphatic heterocycles. The van der Waals surface area contributed by atoms with E-state index in [9.17, 15) is 10.1 Å². The summed E-state index contributed by atoms with van der Waals surface area (Å²) < 4.78 is 1.94. The maximum Gasteiger partial charge on any atom is 0.193 e. The van der Waals surface area contributed by atoms with Gasteiger partial charge in [0.2, 0.25) is 0 Å². The van der Waals surface area contributed by atoms with Crippen LogP contribution in [0.25, 0.3) is 16.6 Å². The Balaban J connectivity index is 2.11. The summed E-state index contributed by atoms with van der Waals surface area (Å²) in [6, 6.07) is 23.0. The lowest BCUT2D eigenvalue weighted by Gasteiger charge is -2.19. The Morgan fingerprint density at radius 2 is 1.70 bits per heavy atom. The van der Waals surface area contributed by atoms with Gasteiger partial charge in [0, 0.05) is 23.6 Å². The molecular weight excluding hydrogens is 336 g/mol. The maximum absolute atomic E-state index is 12.9. The summed E-state index contributed by atoms with van der Waals surface area (Å²) in [6.07, 6.45) is 1.46. The van der Waals surface area contributed by atoms with Crippen molar-refractivity contribution in [1.29, 1.82) is 5.26 Å². The molecule has 0 unspecified atom stereocenters. The molecule has 2 aromatic carbocycles. The summed E-state index contributed by atoms with van der Waals surface area (Å²) in [6.45, 7) is 1.84. The number of para-hydroxylation sites is 2. The highest BCUT2D eigenvalue weighted by Crippen LogP contribution is 2.27. The molecule has 2 aromatic heterocycles. The van der Waals surface area contributed by atoms with Crippen molar-refractivity contribution >= 4 is 22.4 Å². The lowest BCUT2D eigenvalue weighted by atomic mass is 10.1. The number of benzene rings is 2. The largest absolute Gasteiger partial charge is 0.341 e. The Bertz CT molecular complexity index is 1220. The zero-order valence-electron chi connectivity index (χ0n) is 14.7. The van der Waals surface area contributed by atoms with Gasteiger partial charge in [-0.3, -0.25) is 14.3 Å². The van der Waals surface area contributed by atoms with E-state index in [-0.39, 0.29) is 11.0 Å². The molecule has 5 heteroatoms. The fourth-order valence-corrected chi connectivity index (χ4v) is 3.19. The molecule has 4 aromatic rings. The van der Waals surface area contributed by atoms with Crippen LogP contribution in [0.1, 0.15) is 11.3 Å². The van der Waals surface area contributed by atoms with Crippen molar-refractivity contribution in [1.82, 2.24) is 9.55 Å². The first-order valence-corrected chi connectivity index (χ1v) is 8.52. The third-order valence-corrected chi connectivity index (χ3v) is 4.40. The van der Waals surface area contributed by atoms with E-state index in [0.29, 0.717) is 22.4 Å². The van der Waals surface area contributed by atoms with Gasteiger partial charge in [0.25, 0.3) is 0 Å². The first-order valence-electron chi connectivity index (χ1n) is 8.52. The van der Waals surface area contributed by atoms with Crippen LogP contribution >= 0.6 is 0 Å². The van der Waals surface area contributed by atoms with Crippen molar-refractivity contribution in [3.8, 4) is 11.8 Å². The highest BCUT2D eigenvalue weighted by atomic mass is 16.1. The summed E-state index contributed by atoms with van der Waals surface area (Å²) in [5.74, 6) is 0.616. The summed E-state index contributed by atoms with van der Waals surface area (Å²) in [5.41, 5.74) is 3.12. The number of aryl methyl sites for hydroxylation is 1. The molecule has 0 radical (unpaired) electrons. The molecule has 0 bridgehead atoms. The second-order valence-corrected chi connectivity index (χ2v) is 6.15. The average molecular weight is 352 g/mol. The summed E-state index contributed by atoms with van der Waals surface area (Å²) >= 11 is 0. The van der Waals surface area contributed by atoms with E-state index in [2.05, 4.69) is 16.4 Å². The molecule has 0 amide bonds. The lowest BCUT2D eigenvalue weighted by molar-refractivity contribution is 1.07. The van der Waals surface area contributed by atoms with E-state index in [1.807, 2.05) is 72.2 Å². The second-order valence-electron chi connectivity index (χ2n) is 6.15. The number of fused-ring (bicyclic) bond motifs is 1. The monoisotopic (exact) mass is 352 g/mol. The smallest absolute Gasteiger partial charge is 0.193 e. The topological polar surface area (TPSA) is 70.7 Å². The van der Waals surface area contributed by atoms with Gasteiger partial charge in [-0.05, 0) is 31.2 Å².